The first-order valence-corrected chi connectivity index (χ1v) is 6.53. The Hall–Kier alpha value is -2.20. The maximum absolute atomic E-state index is 4.51. The van der Waals surface area contributed by atoms with Gasteiger partial charge >= 0.3 is 0 Å². The van der Waals surface area contributed by atoms with Crippen molar-refractivity contribution >= 4 is 11.0 Å². The molecule has 4 rings (SSSR count). The minimum absolute atomic E-state index is 0.900. The lowest BCUT2D eigenvalue weighted by molar-refractivity contribution is 0.644. The molecule has 0 amide bonds. The highest BCUT2D eigenvalue weighted by molar-refractivity contribution is 5.91. The molecule has 0 fully saturated rings. The van der Waals surface area contributed by atoms with E-state index in [2.05, 4.69) is 38.5 Å². The molecule has 0 bridgehead atoms. The monoisotopic (exact) mass is 250 g/mol. The molecule has 1 aliphatic heterocycles. The predicted molar refractivity (Wildman–Crippen MR) is 74.7 cm³/mol. The number of aromatic amines is 1. The Morgan fingerprint density at radius 2 is 2.11 bits per heavy atom. The number of nitrogens with one attached hydrogen (secondary N) is 2. The SMILES string of the molecule is c1cc2c(c(-c3ncnc4[nH]ccc34)c1)CCNC2. The summed E-state index contributed by atoms with van der Waals surface area (Å²) in [5.74, 6) is 0. The first-order valence-electron chi connectivity index (χ1n) is 6.53. The topological polar surface area (TPSA) is 53.6 Å². The van der Waals surface area contributed by atoms with E-state index in [-0.39, 0.29) is 0 Å². The fourth-order valence-corrected chi connectivity index (χ4v) is 2.84. The number of fused-ring (bicyclic) bond motifs is 2. The molecule has 0 saturated carbocycles. The molecule has 0 atom stereocenters. The molecule has 19 heavy (non-hydrogen) atoms. The van der Waals surface area contributed by atoms with Gasteiger partial charge in [0.15, 0.2) is 0 Å². The molecule has 0 aliphatic carbocycles. The normalized spacial score (nSPS) is 14.5. The summed E-state index contributed by atoms with van der Waals surface area (Å²) in [5.41, 5.74) is 5.97. The molecule has 1 aliphatic rings. The molecule has 4 nitrogen and oxygen atoms in total. The molecule has 0 unspecified atom stereocenters. The molecule has 1 aromatic carbocycles. The Kier molecular flexibility index (Phi) is 2.35. The van der Waals surface area contributed by atoms with Gasteiger partial charge in [0, 0.05) is 23.7 Å². The van der Waals surface area contributed by atoms with Crippen molar-refractivity contribution in [2.45, 2.75) is 13.0 Å². The highest BCUT2D eigenvalue weighted by atomic mass is 14.9. The molecule has 2 aromatic heterocycles. The van der Waals surface area contributed by atoms with Crippen LogP contribution < -0.4 is 5.32 Å². The average molecular weight is 250 g/mol. The van der Waals surface area contributed by atoms with E-state index in [0.29, 0.717) is 0 Å². The van der Waals surface area contributed by atoms with Crippen LogP contribution in [0, 0.1) is 0 Å². The van der Waals surface area contributed by atoms with Gasteiger partial charge in [-0.25, -0.2) is 9.97 Å². The molecule has 0 saturated heterocycles. The molecule has 0 spiro atoms. The maximum Gasteiger partial charge on any atom is 0.141 e. The summed E-state index contributed by atoms with van der Waals surface area (Å²) in [4.78, 5) is 11.9. The Labute approximate surface area is 110 Å². The van der Waals surface area contributed by atoms with E-state index >= 15 is 0 Å². The van der Waals surface area contributed by atoms with Crippen molar-refractivity contribution in [3.05, 3.63) is 47.9 Å². The molecule has 2 N–H and O–H groups in total. The summed E-state index contributed by atoms with van der Waals surface area (Å²) >= 11 is 0. The van der Waals surface area contributed by atoms with Gasteiger partial charge in [0.2, 0.25) is 0 Å². The number of benzene rings is 1. The van der Waals surface area contributed by atoms with Crippen molar-refractivity contribution in [2.24, 2.45) is 0 Å². The lowest BCUT2D eigenvalue weighted by atomic mass is 9.93. The molecule has 3 heterocycles. The minimum Gasteiger partial charge on any atom is -0.346 e. The van der Waals surface area contributed by atoms with E-state index < -0.39 is 0 Å². The van der Waals surface area contributed by atoms with E-state index in [9.17, 15) is 0 Å². The molecule has 4 heteroatoms. The van der Waals surface area contributed by atoms with Crippen LogP contribution in [0.4, 0.5) is 0 Å². The van der Waals surface area contributed by atoms with Gasteiger partial charge in [-0.2, -0.15) is 0 Å². The van der Waals surface area contributed by atoms with Crippen LogP contribution in [-0.2, 0) is 13.0 Å². The number of hydrogen-bond acceptors (Lipinski definition) is 3. The lowest BCUT2D eigenvalue weighted by Gasteiger charge is -2.20. The van der Waals surface area contributed by atoms with E-state index in [0.717, 1.165) is 36.2 Å². The second-order valence-electron chi connectivity index (χ2n) is 4.83. The van der Waals surface area contributed by atoms with Gasteiger partial charge in [-0.1, -0.05) is 18.2 Å². The van der Waals surface area contributed by atoms with Gasteiger partial charge in [-0.3, -0.25) is 0 Å². The van der Waals surface area contributed by atoms with Crippen molar-refractivity contribution < 1.29 is 0 Å². The van der Waals surface area contributed by atoms with Gasteiger partial charge in [-0.05, 0) is 30.2 Å². The predicted octanol–water partition coefficient (Wildman–Crippen LogP) is 2.27. The zero-order valence-electron chi connectivity index (χ0n) is 10.5. The van der Waals surface area contributed by atoms with Crippen molar-refractivity contribution in [3.63, 3.8) is 0 Å². The number of hydrogen-bond donors (Lipinski definition) is 2. The fourth-order valence-electron chi connectivity index (χ4n) is 2.84. The summed E-state index contributed by atoms with van der Waals surface area (Å²) in [6, 6.07) is 8.52. The zero-order valence-corrected chi connectivity index (χ0v) is 10.5. The maximum atomic E-state index is 4.51. The van der Waals surface area contributed by atoms with Crippen LogP contribution in [0.1, 0.15) is 11.1 Å². The highest BCUT2D eigenvalue weighted by Gasteiger charge is 2.16. The van der Waals surface area contributed by atoms with Gasteiger partial charge in [0.25, 0.3) is 0 Å². The van der Waals surface area contributed by atoms with Crippen molar-refractivity contribution in [3.8, 4) is 11.3 Å². The number of aromatic nitrogens is 3. The quantitative estimate of drug-likeness (QED) is 0.696. The standard InChI is InChI=1S/C15H14N4/c1-2-10-8-16-6-4-11(10)12(3-1)14-13-5-7-17-15(13)19-9-18-14/h1-3,5,7,9,16H,4,6,8H2,(H,17,18,19). The Balaban J connectivity index is 2.00. The minimum atomic E-state index is 0.900. The second kappa shape index (κ2) is 4.17. The zero-order chi connectivity index (χ0) is 12.7. The number of rotatable bonds is 1. The summed E-state index contributed by atoms with van der Waals surface area (Å²) in [5, 5.41) is 4.50. The van der Waals surface area contributed by atoms with E-state index in [4.69, 9.17) is 0 Å². The molecular weight excluding hydrogens is 236 g/mol. The Morgan fingerprint density at radius 3 is 3.11 bits per heavy atom. The summed E-state index contributed by atoms with van der Waals surface area (Å²) in [6.45, 7) is 1.98. The Morgan fingerprint density at radius 1 is 1.11 bits per heavy atom. The molecular formula is C15H14N4. The van der Waals surface area contributed by atoms with Crippen molar-refractivity contribution in [2.75, 3.05) is 6.54 Å². The smallest absolute Gasteiger partial charge is 0.141 e. The number of nitrogens with zero attached hydrogens (tertiary/aromatic N) is 2. The molecule has 94 valence electrons. The van der Waals surface area contributed by atoms with Crippen LogP contribution >= 0.6 is 0 Å². The third-order valence-electron chi connectivity index (χ3n) is 3.75. The third-order valence-corrected chi connectivity index (χ3v) is 3.75. The fraction of sp³-hybridized carbons (Fsp3) is 0.200. The first-order chi connectivity index (χ1) is 9.43. The first kappa shape index (κ1) is 10.7. The van der Waals surface area contributed by atoms with E-state index in [1.807, 2.05) is 12.3 Å². The van der Waals surface area contributed by atoms with E-state index in [1.165, 1.54) is 16.7 Å². The summed E-state index contributed by atoms with van der Waals surface area (Å²) in [7, 11) is 0. The van der Waals surface area contributed by atoms with Crippen LogP contribution in [0.2, 0.25) is 0 Å². The lowest BCUT2D eigenvalue weighted by Crippen LogP contribution is -2.24. The van der Waals surface area contributed by atoms with Crippen LogP contribution in [0.15, 0.2) is 36.8 Å². The molecule has 0 radical (unpaired) electrons. The van der Waals surface area contributed by atoms with Crippen LogP contribution in [-0.4, -0.2) is 21.5 Å². The van der Waals surface area contributed by atoms with Crippen molar-refractivity contribution in [1.29, 1.82) is 0 Å². The second-order valence-corrected chi connectivity index (χ2v) is 4.83. The summed E-state index contributed by atoms with van der Waals surface area (Å²) < 4.78 is 0. The molecule has 3 aromatic rings. The summed E-state index contributed by atoms with van der Waals surface area (Å²) in [6.07, 6.45) is 4.61. The Bertz CT molecular complexity index is 745. The van der Waals surface area contributed by atoms with Crippen LogP contribution in [0.3, 0.4) is 0 Å². The van der Waals surface area contributed by atoms with Gasteiger partial charge < -0.3 is 10.3 Å². The highest BCUT2D eigenvalue weighted by Crippen LogP contribution is 2.30. The van der Waals surface area contributed by atoms with Gasteiger partial charge in [0.05, 0.1) is 5.69 Å². The average Bonchev–Trinajstić information content (AvgIpc) is 2.95. The van der Waals surface area contributed by atoms with Crippen molar-refractivity contribution in [1.82, 2.24) is 20.3 Å². The van der Waals surface area contributed by atoms with E-state index in [1.54, 1.807) is 6.33 Å². The largest absolute Gasteiger partial charge is 0.346 e. The number of H-pyrrole nitrogens is 1. The van der Waals surface area contributed by atoms with Crippen LogP contribution in [0.5, 0.6) is 0 Å². The third kappa shape index (κ3) is 1.64. The van der Waals surface area contributed by atoms with Gasteiger partial charge in [0.1, 0.15) is 12.0 Å². The van der Waals surface area contributed by atoms with Crippen LogP contribution in [0.25, 0.3) is 22.3 Å². The van der Waals surface area contributed by atoms with Gasteiger partial charge in [-0.15, -0.1) is 0 Å².